The molecule has 23 heavy (non-hydrogen) atoms. The molecule has 0 saturated carbocycles. The summed E-state index contributed by atoms with van der Waals surface area (Å²) in [5.41, 5.74) is 5.26. The van der Waals surface area contributed by atoms with Crippen LogP contribution in [-0.2, 0) is 23.9 Å². The van der Waals surface area contributed by atoms with Crippen molar-refractivity contribution < 1.29 is 29.0 Å². The molecule has 0 bridgehead atoms. The smallest absolute Gasteiger partial charge is 0.322 e. The number of hydrogen-bond donors (Lipinski definition) is 4. The quantitative estimate of drug-likeness (QED) is 0.307. The van der Waals surface area contributed by atoms with Gasteiger partial charge in [0.05, 0.1) is 26.4 Å². The molecule has 134 valence electrons. The van der Waals surface area contributed by atoms with Gasteiger partial charge in [0.15, 0.2) is 0 Å². The van der Waals surface area contributed by atoms with E-state index in [1.54, 1.807) is 13.8 Å². The number of carbonyl (C=O) groups excluding carboxylic acids is 2. The second kappa shape index (κ2) is 12.8. The van der Waals surface area contributed by atoms with Crippen LogP contribution in [0, 0.1) is 5.92 Å². The van der Waals surface area contributed by atoms with Crippen LogP contribution in [-0.4, -0.2) is 68.4 Å². The molecule has 1 atom stereocenters. The van der Waals surface area contributed by atoms with Crippen LogP contribution < -0.4 is 16.4 Å². The monoisotopic (exact) mass is 333 g/mol. The minimum absolute atomic E-state index is 0.103. The minimum atomic E-state index is -1.14. The van der Waals surface area contributed by atoms with Gasteiger partial charge in [-0.3, -0.25) is 14.4 Å². The van der Waals surface area contributed by atoms with Gasteiger partial charge in [-0.15, -0.1) is 0 Å². The molecule has 0 rings (SSSR count). The summed E-state index contributed by atoms with van der Waals surface area (Å²) in [6, 6.07) is -0.783. The molecule has 0 aromatic rings. The Bertz CT molecular complexity index is 376. The van der Waals surface area contributed by atoms with Gasteiger partial charge in [-0.2, -0.15) is 0 Å². The average molecular weight is 333 g/mol. The van der Waals surface area contributed by atoms with E-state index in [1.165, 1.54) is 0 Å². The summed E-state index contributed by atoms with van der Waals surface area (Å²) in [5.74, 6) is -2.17. The van der Waals surface area contributed by atoms with Crippen LogP contribution in [0.5, 0.6) is 0 Å². The maximum Gasteiger partial charge on any atom is 0.322 e. The fraction of sp³-hybridized carbons (Fsp3) is 0.786. The van der Waals surface area contributed by atoms with Gasteiger partial charge < -0.3 is 30.9 Å². The number of hydrogen-bond acceptors (Lipinski definition) is 6. The molecule has 9 nitrogen and oxygen atoms in total. The lowest BCUT2D eigenvalue weighted by Crippen LogP contribution is -2.50. The summed E-state index contributed by atoms with van der Waals surface area (Å²) in [6.45, 7) is 4.93. The molecule has 9 heteroatoms. The van der Waals surface area contributed by atoms with Gasteiger partial charge >= 0.3 is 5.97 Å². The fourth-order valence-electron chi connectivity index (χ4n) is 1.62. The van der Waals surface area contributed by atoms with E-state index < -0.39 is 24.5 Å². The molecule has 1 unspecified atom stereocenters. The molecule has 0 radical (unpaired) electrons. The fourth-order valence-corrected chi connectivity index (χ4v) is 1.62. The summed E-state index contributed by atoms with van der Waals surface area (Å²) in [6.07, 6.45) is 0.103. The molecule has 0 aromatic carbocycles. The molecule has 5 N–H and O–H groups in total. The topological polar surface area (TPSA) is 140 Å². The number of carbonyl (C=O) groups is 3. The first-order valence-electron chi connectivity index (χ1n) is 7.52. The Morgan fingerprint density at radius 1 is 1.09 bits per heavy atom. The number of carboxylic acids is 1. The van der Waals surface area contributed by atoms with Crippen molar-refractivity contribution in [3.05, 3.63) is 0 Å². The second-order valence-electron chi connectivity index (χ2n) is 5.16. The predicted octanol–water partition coefficient (Wildman–Crippen LogP) is -1.29. The van der Waals surface area contributed by atoms with Gasteiger partial charge in [0, 0.05) is 13.0 Å². The second-order valence-corrected chi connectivity index (χ2v) is 5.16. The SMILES string of the molecule is CC(C)C(NC(=O)CCOCCOCCN)C(=O)NCC(=O)O. The summed E-state index contributed by atoms with van der Waals surface area (Å²) in [7, 11) is 0. The average Bonchev–Trinajstić information content (AvgIpc) is 2.49. The van der Waals surface area contributed by atoms with Gasteiger partial charge in [-0.05, 0) is 5.92 Å². The zero-order chi connectivity index (χ0) is 17.7. The van der Waals surface area contributed by atoms with Crippen molar-refractivity contribution in [2.75, 3.05) is 39.5 Å². The minimum Gasteiger partial charge on any atom is -0.480 e. The molecule has 0 saturated heterocycles. The molecule has 0 aliphatic rings. The van der Waals surface area contributed by atoms with Crippen LogP contribution in [0.25, 0.3) is 0 Å². The third-order valence-electron chi connectivity index (χ3n) is 2.79. The highest BCUT2D eigenvalue weighted by Gasteiger charge is 2.24. The lowest BCUT2D eigenvalue weighted by molar-refractivity contribution is -0.138. The molecule has 0 aliphatic carbocycles. The number of rotatable bonds is 13. The number of amides is 2. The van der Waals surface area contributed by atoms with Gasteiger partial charge in [0.25, 0.3) is 0 Å². The summed E-state index contributed by atoms with van der Waals surface area (Å²) in [5, 5.41) is 13.4. The lowest BCUT2D eigenvalue weighted by atomic mass is 10.0. The lowest BCUT2D eigenvalue weighted by Gasteiger charge is -2.21. The van der Waals surface area contributed by atoms with Crippen molar-refractivity contribution in [2.45, 2.75) is 26.3 Å². The molecule has 0 spiro atoms. The van der Waals surface area contributed by atoms with Crippen molar-refractivity contribution >= 4 is 17.8 Å². The van der Waals surface area contributed by atoms with E-state index in [0.717, 1.165) is 0 Å². The summed E-state index contributed by atoms with van der Waals surface area (Å²) < 4.78 is 10.3. The Morgan fingerprint density at radius 3 is 2.22 bits per heavy atom. The van der Waals surface area contributed by atoms with Crippen LogP contribution in [0.4, 0.5) is 0 Å². The molecule has 2 amide bonds. The largest absolute Gasteiger partial charge is 0.480 e. The van der Waals surface area contributed by atoms with E-state index in [2.05, 4.69) is 10.6 Å². The Labute approximate surface area is 135 Å². The van der Waals surface area contributed by atoms with Crippen molar-refractivity contribution in [1.29, 1.82) is 0 Å². The summed E-state index contributed by atoms with van der Waals surface area (Å²) >= 11 is 0. The molecule has 0 aliphatic heterocycles. The Kier molecular flexibility index (Phi) is 11.8. The van der Waals surface area contributed by atoms with E-state index >= 15 is 0 Å². The first-order chi connectivity index (χ1) is 10.9. The van der Waals surface area contributed by atoms with Crippen LogP contribution >= 0.6 is 0 Å². The predicted molar refractivity (Wildman–Crippen MR) is 82.7 cm³/mol. The zero-order valence-electron chi connectivity index (χ0n) is 13.7. The maximum absolute atomic E-state index is 11.9. The van der Waals surface area contributed by atoms with Crippen LogP contribution in [0.2, 0.25) is 0 Å². The number of aliphatic carboxylic acids is 1. The molecule has 0 aromatic heterocycles. The van der Waals surface area contributed by atoms with Gasteiger partial charge in [-0.1, -0.05) is 13.8 Å². The van der Waals surface area contributed by atoms with Gasteiger partial charge in [-0.25, -0.2) is 0 Å². The normalized spacial score (nSPS) is 12.0. The van der Waals surface area contributed by atoms with E-state index in [-0.39, 0.29) is 24.9 Å². The first-order valence-corrected chi connectivity index (χ1v) is 7.52. The van der Waals surface area contributed by atoms with E-state index in [1.807, 2.05) is 0 Å². The van der Waals surface area contributed by atoms with Crippen LogP contribution in [0.1, 0.15) is 20.3 Å². The number of carboxylic acid groups (broad SMARTS) is 1. The molecular weight excluding hydrogens is 306 g/mol. The van der Waals surface area contributed by atoms with E-state index in [0.29, 0.717) is 26.4 Å². The number of nitrogens with two attached hydrogens (primary N) is 1. The highest BCUT2D eigenvalue weighted by atomic mass is 16.5. The molecule has 0 heterocycles. The highest BCUT2D eigenvalue weighted by molar-refractivity contribution is 5.89. The van der Waals surface area contributed by atoms with Gasteiger partial charge in [0.2, 0.25) is 11.8 Å². The van der Waals surface area contributed by atoms with E-state index in [9.17, 15) is 14.4 Å². The Balaban J connectivity index is 4.01. The molecule has 0 fully saturated rings. The highest BCUT2D eigenvalue weighted by Crippen LogP contribution is 2.02. The van der Waals surface area contributed by atoms with Crippen molar-refractivity contribution in [3.8, 4) is 0 Å². The van der Waals surface area contributed by atoms with E-state index in [4.69, 9.17) is 20.3 Å². The molecular formula is C14H27N3O6. The third-order valence-corrected chi connectivity index (χ3v) is 2.79. The maximum atomic E-state index is 11.9. The van der Waals surface area contributed by atoms with Crippen LogP contribution in [0.15, 0.2) is 0 Å². The van der Waals surface area contributed by atoms with Crippen molar-refractivity contribution in [2.24, 2.45) is 11.7 Å². The Hall–Kier alpha value is -1.71. The number of ether oxygens (including phenoxy) is 2. The van der Waals surface area contributed by atoms with Gasteiger partial charge in [0.1, 0.15) is 12.6 Å². The van der Waals surface area contributed by atoms with Crippen LogP contribution in [0.3, 0.4) is 0 Å². The van der Waals surface area contributed by atoms with Crippen molar-refractivity contribution in [3.63, 3.8) is 0 Å². The zero-order valence-corrected chi connectivity index (χ0v) is 13.7. The first kappa shape index (κ1) is 21.3. The van der Waals surface area contributed by atoms with Crippen molar-refractivity contribution in [1.82, 2.24) is 10.6 Å². The standard InChI is InChI=1S/C14H27N3O6/c1-10(2)13(14(21)16-9-12(19)20)17-11(18)3-5-22-7-8-23-6-4-15/h10,13H,3-9,15H2,1-2H3,(H,16,21)(H,17,18)(H,19,20). The summed E-state index contributed by atoms with van der Waals surface area (Å²) in [4.78, 5) is 34.1. The number of nitrogens with one attached hydrogen (secondary N) is 2. The Morgan fingerprint density at radius 2 is 1.70 bits per heavy atom. The third kappa shape index (κ3) is 11.5.